The van der Waals surface area contributed by atoms with Crippen molar-refractivity contribution in [3.63, 3.8) is 0 Å². The number of hydrogen-bond donors (Lipinski definition) is 2. The lowest BCUT2D eigenvalue weighted by Crippen LogP contribution is -2.30. The van der Waals surface area contributed by atoms with Gasteiger partial charge in [0.1, 0.15) is 0 Å². The number of hydrogen-bond acceptors (Lipinski definition) is 2. The fraction of sp³-hybridized carbons (Fsp3) is 0.444. The Morgan fingerprint density at radius 2 is 2.20 bits per heavy atom. The van der Waals surface area contributed by atoms with Gasteiger partial charge in [-0.2, -0.15) is 13.2 Å². The van der Waals surface area contributed by atoms with E-state index in [-0.39, 0.29) is 5.69 Å². The van der Waals surface area contributed by atoms with Gasteiger partial charge in [0.05, 0.1) is 5.69 Å². The number of aliphatic hydroxyl groups excluding tert-OH is 1. The molecule has 0 bridgehead atoms. The van der Waals surface area contributed by atoms with Crippen LogP contribution in [0.5, 0.6) is 0 Å². The zero-order valence-electron chi connectivity index (χ0n) is 7.93. The molecular weight excluding hydrogens is 211 g/mol. The van der Waals surface area contributed by atoms with E-state index in [0.29, 0.717) is 0 Å². The molecule has 1 atom stereocenters. The summed E-state index contributed by atoms with van der Waals surface area (Å²) in [5, 5.41) is 8.66. The van der Waals surface area contributed by atoms with Gasteiger partial charge in [0.2, 0.25) is 0 Å². The number of carbonyl (C=O) groups is 1. The highest BCUT2D eigenvalue weighted by Crippen LogP contribution is 2.23. The number of ketones is 1. The van der Waals surface area contributed by atoms with Gasteiger partial charge in [-0.15, -0.1) is 0 Å². The van der Waals surface area contributed by atoms with E-state index in [0.717, 1.165) is 5.56 Å². The normalized spacial score (nSPS) is 13.9. The average Bonchev–Trinajstić information content (AvgIpc) is 2.50. The van der Waals surface area contributed by atoms with Crippen molar-refractivity contribution in [3.8, 4) is 0 Å². The largest absolute Gasteiger partial charge is 0.414 e. The fourth-order valence-electron chi connectivity index (χ4n) is 1.06. The Morgan fingerprint density at radius 3 is 2.60 bits per heavy atom. The Labute approximate surface area is 83.9 Å². The van der Waals surface area contributed by atoms with E-state index in [4.69, 9.17) is 5.11 Å². The standard InChI is InChI=1S/C9H10F3NO2/c1-5-2-6(13-4-5)7(14)3-8(15)9(10,11)12/h2,4,8,13,15H,3H2,1H3/t8-/m0/s1. The third-order valence-electron chi connectivity index (χ3n) is 1.88. The Kier molecular flexibility index (Phi) is 3.18. The summed E-state index contributed by atoms with van der Waals surface area (Å²) >= 11 is 0. The summed E-state index contributed by atoms with van der Waals surface area (Å²) < 4.78 is 35.8. The van der Waals surface area contributed by atoms with Crippen LogP contribution in [-0.4, -0.2) is 28.2 Å². The minimum atomic E-state index is -4.75. The molecule has 0 radical (unpaired) electrons. The van der Waals surface area contributed by atoms with Crippen molar-refractivity contribution >= 4 is 5.78 Å². The third kappa shape index (κ3) is 3.09. The monoisotopic (exact) mass is 221 g/mol. The first-order valence-electron chi connectivity index (χ1n) is 4.23. The van der Waals surface area contributed by atoms with Crippen molar-refractivity contribution in [2.24, 2.45) is 0 Å². The summed E-state index contributed by atoms with van der Waals surface area (Å²) in [6, 6.07) is 1.44. The zero-order chi connectivity index (χ0) is 11.6. The van der Waals surface area contributed by atoms with Gasteiger partial charge < -0.3 is 10.1 Å². The van der Waals surface area contributed by atoms with E-state index in [1.54, 1.807) is 6.92 Å². The predicted molar refractivity (Wildman–Crippen MR) is 46.5 cm³/mol. The van der Waals surface area contributed by atoms with Crippen molar-refractivity contribution in [2.45, 2.75) is 25.6 Å². The number of rotatable bonds is 3. The van der Waals surface area contributed by atoms with E-state index >= 15 is 0 Å². The molecule has 0 saturated heterocycles. The molecule has 2 N–H and O–H groups in total. The first-order valence-corrected chi connectivity index (χ1v) is 4.23. The maximum absolute atomic E-state index is 11.9. The number of aryl methyl sites for hydroxylation is 1. The number of aromatic amines is 1. The van der Waals surface area contributed by atoms with Crippen molar-refractivity contribution in [1.82, 2.24) is 4.98 Å². The molecule has 0 aliphatic heterocycles. The van der Waals surface area contributed by atoms with Crippen LogP contribution in [0.15, 0.2) is 12.3 Å². The molecule has 1 aromatic rings. The Bertz CT molecular complexity index is 356. The van der Waals surface area contributed by atoms with E-state index in [1.165, 1.54) is 12.3 Å². The molecule has 84 valence electrons. The minimum Gasteiger partial charge on any atom is -0.383 e. The van der Waals surface area contributed by atoms with Gasteiger partial charge in [-0.25, -0.2) is 0 Å². The van der Waals surface area contributed by atoms with Gasteiger partial charge in [-0.05, 0) is 18.6 Å². The molecule has 0 aliphatic carbocycles. The van der Waals surface area contributed by atoms with E-state index in [9.17, 15) is 18.0 Å². The van der Waals surface area contributed by atoms with Crippen LogP contribution in [0.1, 0.15) is 22.5 Å². The number of aromatic nitrogens is 1. The number of alkyl halides is 3. The molecule has 0 aliphatic rings. The van der Waals surface area contributed by atoms with Crippen LogP contribution >= 0.6 is 0 Å². The highest BCUT2D eigenvalue weighted by atomic mass is 19.4. The summed E-state index contributed by atoms with van der Waals surface area (Å²) in [5.41, 5.74) is 0.829. The van der Waals surface area contributed by atoms with Gasteiger partial charge in [0.15, 0.2) is 11.9 Å². The van der Waals surface area contributed by atoms with Gasteiger partial charge in [-0.3, -0.25) is 4.79 Å². The van der Waals surface area contributed by atoms with Crippen LogP contribution in [0.4, 0.5) is 13.2 Å². The third-order valence-corrected chi connectivity index (χ3v) is 1.88. The molecule has 1 rings (SSSR count). The van der Waals surface area contributed by atoms with Crippen molar-refractivity contribution in [2.75, 3.05) is 0 Å². The number of aliphatic hydroxyl groups is 1. The fourth-order valence-corrected chi connectivity index (χ4v) is 1.06. The Morgan fingerprint density at radius 1 is 1.60 bits per heavy atom. The molecule has 0 saturated carbocycles. The molecule has 3 nitrogen and oxygen atoms in total. The predicted octanol–water partition coefficient (Wildman–Crippen LogP) is 1.82. The van der Waals surface area contributed by atoms with Crippen molar-refractivity contribution < 1.29 is 23.1 Å². The van der Waals surface area contributed by atoms with Crippen molar-refractivity contribution in [1.29, 1.82) is 0 Å². The van der Waals surface area contributed by atoms with Crippen LogP contribution < -0.4 is 0 Å². The molecule has 1 aromatic heterocycles. The van der Waals surface area contributed by atoms with Crippen LogP contribution in [0.3, 0.4) is 0 Å². The quantitative estimate of drug-likeness (QED) is 0.765. The molecule has 0 fully saturated rings. The molecular formula is C9H10F3NO2. The molecule has 0 spiro atoms. The van der Waals surface area contributed by atoms with E-state index < -0.39 is 24.5 Å². The Hall–Kier alpha value is -1.30. The van der Waals surface area contributed by atoms with Gasteiger partial charge in [0.25, 0.3) is 0 Å². The highest BCUT2D eigenvalue weighted by Gasteiger charge is 2.39. The minimum absolute atomic E-state index is 0.0794. The second-order valence-corrected chi connectivity index (χ2v) is 3.28. The zero-order valence-corrected chi connectivity index (χ0v) is 7.93. The summed E-state index contributed by atoms with van der Waals surface area (Å²) in [5.74, 6) is -0.757. The van der Waals surface area contributed by atoms with Crippen LogP contribution in [0, 0.1) is 6.92 Å². The van der Waals surface area contributed by atoms with Gasteiger partial charge in [-0.1, -0.05) is 0 Å². The molecule has 0 aromatic carbocycles. The lowest BCUT2D eigenvalue weighted by atomic mass is 10.1. The van der Waals surface area contributed by atoms with E-state index in [1.807, 2.05) is 0 Å². The molecule has 0 unspecified atom stereocenters. The lowest BCUT2D eigenvalue weighted by Gasteiger charge is -2.12. The summed E-state index contributed by atoms with van der Waals surface area (Å²) in [7, 11) is 0. The topological polar surface area (TPSA) is 53.1 Å². The van der Waals surface area contributed by atoms with Gasteiger partial charge >= 0.3 is 6.18 Å². The number of halogens is 3. The first kappa shape index (κ1) is 11.8. The number of carbonyl (C=O) groups excluding carboxylic acids is 1. The second-order valence-electron chi connectivity index (χ2n) is 3.28. The summed E-state index contributed by atoms with van der Waals surface area (Å²) in [6.45, 7) is 1.70. The summed E-state index contributed by atoms with van der Waals surface area (Å²) in [6.07, 6.45) is -6.80. The Balaban J connectivity index is 2.64. The van der Waals surface area contributed by atoms with Crippen LogP contribution in [-0.2, 0) is 0 Å². The van der Waals surface area contributed by atoms with Crippen molar-refractivity contribution in [3.05, 3.63) is 23.5 Å². The molecule has 1 heterocycles. The van der Waals surface area contributed by atoms with Crippen LogP contribution in [0.25, 0.3) is 0 Å². The molecule has 6 heteroatoms. The molecule has 0 amide bonds. The highest BCUT2D eigenvalue weighted by molar-refractivity contribution is 5.94. The summed E-state index contributed by atoms with van der Waals surface area (Å²) in [4.78, 5) is 13.8. The maximum atomic E-state index is 11.9. The lowest BCUT2D eigenvalue weighted by molar-refractivity contribution is -0.202. The second kappa shape index (κ2) is 4.06. The average molecular weight is 221 g/mol. The van der Waals surface area contributed by atoms with Crippen LogP contribution in [0.2, 0.25) is 0 Å². The van der Waals surface area contributed by atoms with Gasteiger partial charge in [0, 0.05) is 12.6 Å². The number of Topliss-reactive ketones (excluding diaryl/α,β-unsaturated/α-hetero) is 1. The smallest absolute Gasteiger partial charge is 0.383 e. The molecule has 15 heavy (non-hydrogen) atoms. The maximum Gasteiger partial charge on any atom is 0.414 e. The SMILES string of the molecule is Cc1c[nH]c(C(=O)C[C@H](O)C(F)(F)F)c1. The van der Waals surface area contributed by atoms with E-state index in [2.05, 4.69) is 4.98 Å². The number of H-pyrrole nitrogens is 1. The first-order chi connectivity index (χ1) is 6.80. The number of nitrogens with one attached hydrogen (secondary N) is 1.